The summed E-state index contributed by atoms with van der Waals surface area (Å²) in [5, 5.41) is 0. The summed E-state index contributed by atoms with van der Waals surface area (Å²) in [5.74, 6) is 4.67. The van der Waals surface area contributed by atoms with Crippen molar-refractivity contribution in [2.75, 3.05) is 7.05 Å². The first kappa shape index (κ1) is 5.87. The minimum atomic E-state index is -2.55. The largest absolute Gasteiger partial charge is 0.255 e. The van der Waals surface area contributed by atoms with Gasteiger partial charge in [-0.05, 0) is 0 Å². The first-order valence-electron chi connectivity index (χ1n) is 1.27. The van der Waals surface area contributed by atoms with Gasteiger partial charge in [-0.15, -0.1) is 4.41 Å². The van der Waals surface area contributed by atoms with Crippen molar-refractivity contribution in [2.24, 2.45) is 5.84 Å². The fourth-order valence-electron chi connectivity index (χ4n) is 0. The van der Waals surface area contributed by atoms with Gasteiger partial charge in [0.15, 0.2) is 0 Å². The summed E-state index contributed by atoms with van der Waals surface area (Å²) in [7, 11) is -1.29. The van der Waals surface area contributed by atoms with Gasteiger partial charge in [-0.2, -0.15) is 0 Å². The molecule has 0 aliphatic carbocycles. The molecule has 0 fully saturated rings. The van der Waals surface area contributed by atoms with Crippen LogP contribution in [-0.4, -0.2) is 19.9 Å². The van der Waals surface area contributed by atoms with E-state index in [0.717, 1.165) is 0 Å². The van der Waals surface area contributed by atoms with Crippen LogP contribution < -0.4 is 5.84 Å². The van der Waals surface area contributed by atoms with Gasteiger partial charge in [-0.3, -0.25) is 5.84 Å². The molecule has 0 aliphatic rings. The zero-order chi connectivity index (χ0) is 5.15. The number of thiol groups is 1. The third-order valence-electron chi connectivity index (χ3n) is 0.258. The maximum absolute atomic E-state index is 9.54. The Morgan fingerprint density at radius 3 is 1.83 bits per heavy atom. The molecule has 4 nitrogen and oxygen atoms in total. The van der Waals surface area contributed by atoms with Crippen LogP contribution in [0.5, 0.6) is 0 Å². The summed E-state index contributed by atoms with van der Waals surface area (Å²) >= 11 is 0. The summed E-state index contributed by atoms with van der Waals surface area (Å²) in [5.41, 5.74) is 0. The maximum Gasteiger partial charge on any atom is 0.216 e. The van der Waals surface area contributed by atoms with Crippen molar-refractivity contribution in [2.45, 2.75) is 0 Å². The molecule has 0 saturated carbocycles. The molecule has 0 aromatic carbocycles. The van der Waals surface area contributed by atoms with Crippen LogP contribution in [0, 0.1) is 0 Å². The molecule has 5 heteroatoms. The monoisotopic (exact) mass is 110 g/mol. The lowest BCUT2D eigenvalue weighted by Gasteiger charge is -1.91. The van der Waals surface area contributed by atoms with E-state index >= 15 is 0 Å². The molecule has 0 aromatic heterocycles. The molecule has 0 rings (SSSR count). The van der Waals surface area contributed by atoms with Crippen LogP contribution in [0.1, 0.15) is 0 Å². The number of nitrogens with two attached hydrogens (primary N) is 1. The average molecular weight is 110 g/mol. The summed E-state index contributed by atoms with van der Waals surface area (Å²) in [6.07, 6.45) is 0. The van der Waals surface area contributed by atoms with Crippen LogP contribution in [-0.2, 0) is 10.9 Å². The predicted octanol–water partition coefficient (Wildman–Crippen LogP) is -1.68. The minimum Gasteiger partial charge on any atom is -0.255 e. The predicted molar refractivity (Wildman–Crippen MR) is 22.3 cm³/mol. The molecule has 0 spiro atoms. The van der Waals surface area contributed by atoms with Gasteiger partial charge in [0.1, 0.15) is 0 Å². The standard InChI is InChI=1S/CH6N2O2S/c1-3(2)6(4)5/h6H,2H2,1H3. The van der Waals surface area contributed by atoms with Crippen LogP contribution in [0.2, 0.25) is 0 Å². The van der Waals surface area contributed by atoms with Gasteiger partial charge in [0, 0.05) is 7.05 Å². The highest BCUT2D eigenvalue weighted by molar-refractivity contribution is 7.69. The maximum atomic E-state index is 9.54. The minimum absolute atomic E-state index is 0.620. The zero-order valence-electron chi connectivity index (χ0n) is 3.29. The highest BCUT2D eigenvalue weighted by Crippen LogP contribution is 1.58. The van der Waals surface area contributed by atoms with E-state index < -0.39 is 10.9 Å². The number of hydrogen-bond donors (Lipinski definition) is 2. The Morgan fingerprint density at radius 2 is 1.83 bits per heavy atom. The Bertz CT molecular complexity index is 87.7. The van der Waals surface area contributed by atoms with E-state index in [-0.39, 0.29) is 0 Å². The molecule has 0 amide bonds. The summed E-state index contributed by atoms with van der Waals surface area (Å²) < 4.78 is 19.7. The summed E-state index contributed by atoms with van der Waals surface area (Å²) in [4.78, 5) is 0. The highest BCUT2D eigenvalue weighted by Gasteiger charge is 1.81. The quantitative estimate of drug-likeness (QED) is 0.241. The van der Waals surface area contributed by atoms with E-state index in [1.165, 1.54) is 7.05 Å². The second-order valence-corrected chi connectivity index (χ2v) is 1.92. The van der Waals surface area contributed by atoms with Crippen molar-refractivity contribution in [3.63, 3.8) is 0 Å². The molecule has 0 aromatic rings. The first-order valence-corrected chi connectivity index (χ1v) is 2.40. The van der Waals surface area contributed by atoms with E-state index in [2.05, 4.69) is 5.84 Å². The molecule has 0 saturated heterocycles. The van der Waals surface area contributed by atoms with Crippen molar-refractivity contribution in [1.82, 2.24) is 4.41 Å². The molecule has 0 radical (unpaired) electrons. The Hall–Kier alpha value is -0.130. The molecular formula is CH6N2O2S. The van der Waals surface area contributed by atoms with Crippen molar-refractivity contribution in [3.05, 3.63) is 0 Å². The average Bonchev–Trinajstić information content (AvgIpc) is 1.36. The lowest BCUT2D eigenvalue weighted by Crippen LogP contribution is -2.23. The molecule has 2 N–H and O–H groups in total. The Kier molecular flexibility index (Phi) is 2.07. The van der Waals surface area contributed by atoms with E-state index in [1.54, 1.807) is 0 Å². The topological polar surface area (TPSA) is 63.4 Å². The van der Waals surface area contributed by atoms with Gasteiger partial charge < -0.3 is 0 Å². The molecule has 38 valence electrons. The SMILES string of the molecule is CN(N)[SH](=O)=O. The molecule has 0 unspecified atom stereocenters. The number of hydrogen-bond acceptors (Lipinski definition) is 3. The Labute approximate surface area is 37.6 Å². The van der Waals surface area contributed by atoms with Crippen molar-refractivity contribution in [3.8, 4) is 0 Å². The lowest BCUT2D eigenvalue weighted by atomic mass is 11.5. The van der Waals surface area contributed by atoms with Crippen LogP contribution in [0.15, 0.2) is 0 Å². The second kappa shape index (κ2) is 2.12. The van der Waals surface area contributed by atoms with E-state index in [1.807, 2.05) is 0 Å². The van der Waals surface area contributed by atoms with Gasteiger partial charge in [-0.25, -0.2) is 8.42 Å². The van der Waals surface area contributed by atoms with Gasteiger partial charge >= 0.3 is 0 Å². The number of hydrazine groups is 1. The fraction of sp³-hybridized carbons (Fsp3) is 1.00. The highest BCUT2D eigenvalue weighted by atomic mass is 32.2. The fourth-order valence-corrected chi connectivity index (χ4v) is 0. The molecule has 0 aliphatic heterocycles. The van der Waals surface area contributed by atoms with E-state index in [4.69, 9.17) is 0 Å². The first-order chi connectivity index (χ1) is 2.64. The van der Waals surface area contributed by atoms with Crippen molar-refractivity contribution >= 4 is 10.9 Å². The zero-order valence-corrected chi connectivity index (χ0v) is 4.18. The molecule has 6 heavy (non-hydrogen) atoms. The van der Waals surface area contributed by atoms with Crippen LogP contribution in [0.4, 0.5) is 0 Å². The van der Waals surface area contributed by atoms with Crippen LogP contribution in [0.3, 0.4) is 0 Å². The number of nitrogens with zero attached hydrogens (tertiary/aromatic N) is 1. The Morgan fingerprint density at radius 1 is 1.67 bits per heavy atom. The number of rotatable bonds is 1. The van der Waals surface area contributed by atoms with Gasteiger partial charge in [0.05, 0.1) is 0 Å². The van der Waals surface area contributed by atoms with Crippen LogP contribution >= 0.6 is 0 Å². The summed E-state index contributed by atoms with van der Waals surface area (Å²) in [6, 6.07) is 0. The normalized spacial score (nSPS) is 10.7. The van der Waals surface area contributed by atoms with Gasteiger partial charge in [0.25, 0.3) is 0 Å². The molecular weight excluding hydrogens is 104 g/mol. The lowest BCUT2D eigenvalue weighted by molar-refractivity contribution is 0.508. The van der Waals surface area contributed by atoms with Gasteiger partial charge in [-0.1, -0.05) is 0 Å². The molecule has 0 heterocycles. The van der Waals surface area contributed by atoms with E-state index in [9.17, 15) is 8.42 Å². The third-order valence-corrected chi connectivity index (χ3v) is 0.773. The Balaban J connectivity index is 3.57. The smallest absolute Gasteiger partial charge is 0.216 e. The van der Waals surface area contributed by atoms with E-state index in [0.29, 0.717) is 4.41 Å². The molecule has 0 atom stereocenters. The third kappa shape index (κ3) is 2.13. The summed E-state index contributed by atoms with van der Waals surface area (Å²) in [6.45, 7) is 0. The van der Waals surface area contributed by atoms with Crippen molar-refractivity contribution in [1.29, 1.82) is 0 Å². The van der Waals surface area contributed by atoms with Crippen LogP contribution in [0.25, 0.3) is 0 Å². The second-order valence-electron chi connectivity index (χ2n) is 0.812. The van der Waals surface area contributed by atoms with Gasteiger partial charge in [0.2, 0.25) is 10.9 Å². The molecule has 0 bridgehead atoms. The van der Waals surface area contributed by atoms with Crippen molar-refractivity contribution < 1.29 is 8.42 Å².